The zero-order chi connectivity index (χ0) is 22.8. The van der Waals surface area contributed by atoms with Crippen LogP contribution in [0.15, 0.2) is 58.4 Å². The van der Waals surface area contributed by atoms with E-state index in [1.807, 2.05) is 13.8 Å². The molecular weight excluding hydrogens is 416 g/mol. The van der Waals surface area contributed by atoms with Crippen molar-refractivity contribution >= 4 is 39.0 Å². The summed E-state index contributed by atoms with van der Waals surface area (Å²) < 4.78 is 27.2. The lowest BCUT2D eigenvalue weighted by atomic mass is 9.98. The lowest BCUT2D eigenvalue weighted by Gasteiger charge is -2.20. The van der Waals surface area contributed by atoms with Gasteiger partial charge in [0.15, 0.2) is 0 Å². The molecule has 164 valence electrons. The maximum absolute atomic E-state index is 13.0. The van der Waals surface area contributed by atoms with Crippen LogP contribution in [0.1, 0.15) is 32.8 Å². The predicted molar refractivity (Wildman–Crippen MR) is 121 cm³/mol. The zero-order valence-electron chi connectivity index (χ0n) is 17.9. The molecule has 2 N–H and O–H groups in total. The normalized spacial score (nSPS) is 17.4. The van der Waals surface area contributed by atoms with Gasteiger partial charge in [-0.25, -0.2) is 8.42 Å². The maximum atomic E-state index is 13.0. The molecule has 1 aliphatic heterocycles. The monoisotopic (exact) mass is 442 g/mol. The van der Waals surface area contributed by atoms with E-state index in [0.717, 1.165) is 0 Å². The number of aliphatic imine (C=N–C) groups is 1. The number of anilines is 2. The van der Waals surface area contributed by atoms with Crippen LogP contribution in [0, 0.1) is 5.92 Å². The minimum Gasteiger partial charge on any atom is -0.324 e. The number of hydrogen-bond acceptors (Lipinski definition) is 5. The van der Waals surface area contributed by atoms with Crippen molar-refractivity contribution in [2.24, 2.45) is 10.9 Å². The molecule has 2 amide bonds. The van der Waals surface area contributed by atoms with Crippen molar-refractivity contribution in [1.82, 2.24) is 4.72 Å². The average molecular weight is 443 g/mol. The summed E-state index contributed by atoms with van der Waals surface area (Å²) >= 11 is 0. The van der Waals surface area contributed by atoms with Crippen LogP contribution in [-0.2, 0) is 19.6 Å². The van der Waals surface area contributed by atoms with Gasteiger partial charge in [-0.3, -0.25) is 19.3 Å². The Morgan fingerprint density at radius 2 is 1.77 bits per heavy atom. The number of hydrogen-bond donors (Lipinski definition) is 2. The van der Waals surface area contributed by atoms with Crippen LogP contribution in [0.4, 0.5) is 11.4 Å². The molecule has 0 radical (unpaired) electrons. The first-order valence-corrected chi connectivity index (χ1v) is 11.5. The highest BCUT2D eigenvalue weighted by atomic mass is 32.2. The summed E-state index contributed by atoms with van der Waals surface area (Å²) in [6, 6.07) is 12.7. The van der Waals surface area contributed by atoms with E-state index < -0.39 is 16.1 Å². The molecule has 0 aliphatic carbocycles. The Bertz CT molecular complexity index is 1130. The summed E-state index contributed by atoms with van der Waals surface area (Å²) in [6.07, 6.45) is 0.686. The van der Waals surface area contributed by atoms with Crippen LogP contribution in [-0.4, -0.2) is 39.2 Å². The van der Waals surface area contributed by atoms with Crippen LogP contribution in [0.25, 0.3) is 0 Å². The van der Waals surface area contributed by atoms with Crippen molar-refractivity contribution in [3.8, 4) is 0 Å². The van der Waals surface area contributed by atoms with Gasteiger partial charge in [0.2, 0.25) is 11.8 Å². The highest BCUT2D eigenvalue weighted by Gasteiger charge is 2.33. The number of rotatable bonds is 6. The van der Waals surface area contributed by atoms with E-state index in [1.54, 1.807) is 49.5 Å². The van der Waals surface area contributed by atoms with E-state index >= 15 is 0 Å². The first-order chi connectivity index (χ1) is 14.6. The molecule has 2 aromatic rings. The van der Waals surface area contributed by atoms with E-state index in [1.165, 1.54) is 17.9 Å². The highest BCUT2D eigenvalue weighted by molar-refractivity contribution is 7.90. The number of amidine groups is 1. The van der Waals surface area contributed by atoms with Gasteiger partial charge in [0.05, 0.1) is 4.90 Å². The molecule has 2 atom stereocenters. The third-order valence-corrected chi connectivity index (χ3v) is 6.77. The first-order valence-electron chi connectivity index (χ1n) is 9.99. The highest BCUT2D eigenvalue weighted by Crippen LogP contribution is 2.25. The molecular formula is C22H26N4O4S. The molecule has 0 saturated heterocycles. The van der Waals surface area contributed by atoms with Gasteiger partial charge in [-0.05, 0) is 42.3 Å². The standard InChI is InChI=1S/C22H26N4O4S/c1-5-14(2)20(24-21-18-8-6-7-9-19(18)31(29,30)25-21)22(28)23-16-10-12-17(13-11-16)26(4)15(3)27/h6-14,20H,5H2,1-4H3,(H,23,28)(H,24,25)/t14-,20-/m0/s1. The lowest BCUT2D eigenvalue weighted by molar-refractivity contribution is -0.118. The Hall–Kier alpha value is -3.20. The Labute approximate surface area is 182 Å². The number of sulfonamides is 1. The van der Waals surface area contributed by atoms with Gasteiger partial charge in [-0.1, -0.05) is 32.4 Å². The summed E-state index contributed by atoms with van der Waals surface area (Å²) in [5, 5.41) is 2.84. The van der Waals surface area contributed by atoms with Crippen LogP contribution < -0.4 is 14.9 Å². The van der Waals surface area contributed by atoms with Crippen molar-refractivity contribution in [2.75, 3.05) is 17.3 Å². The second kappa shape index (κ2) is 8.89. The summed E-state index contributed by atoms with van der Waals surface area (Å²) in [5.74, 6) is -0.371. The van der Waals surface area contributed by atoms with E-state index in [-0.39, 0.29) is 28.5 Å². The van der Waals surface area contributed by atoms with Gasteiger partial charge in [0, 0.05) is 30.9 Å². The van der Waals surface area contributed by atoms with Crippen molar-refractivity contribution in [1.29, 1.82) is 0 Å². The fourth-order valence-electron chi connectivity index (χ4n) is 3.20. The summed E-state index contributed by atoms with van der Waals surface area (Å²) in [4.78, 5) is 30.7. The van der Waals surface area contributed by atoms with E-state index in [2.05, 4.69) is 15.0 Å². The van der Waals surface area contributed by atoms with Gasteiger partial charge in [0.1, 0.15) is 11.9 Å². The minimum atomic E-state index is -3.68. The third-order valence-electron chi connectivity index (χ3n) is 5.38. The fraction of sp³-hybridized carbons (Fsp3) is 0.318. The molecule has 31 heavy (non-hydrogen) atoms. The van der Waals surface area contributed by atoms with Crippen LogP contribution in [0.3, 0.4) is 0 Å². The molecule has 8 nitrogen and oxygen atoms in total. The quantitative estimate of drug-likeness (QED) is 0.717. The molecule has 0 fully saturated rings. The smallest absolute Gasteiger partial charge is 0.263 e. The molecule has 0 aromatic heterocycles. The Morgan fingerprint density at radius 1 is 1.13 bits per heavy atom. The molecule has 9 heteroatoms. The largest absolute Gasteiger partial charge is 0.324 e. The molecule has 1 heterocycles. The van der Waals surface area contributed by atoms with Crippen molar-refractivity contribution < 1.29 is 18.0 Å². The minimum absolute atomic E-state index is 0.0938. The number of nitrogens with one attached hydrogen (secondary N) is 2. The Kier molecular flexibility index (Phi) is 6.45. The molecule has 0 saturated carbocycles. The number of nitrogens with zero attached hydrogens (tertiary/aromatic N) is 2. The summed E-state index contributed by atoms with van der Waals surface area (Å²) in [7, 11) is -2.01. The van der Waals surface area contributed by atoms with Crippen molar-refractivity contribution in [2.45, 2.75) is 38.1 Å². The molecule has 3 rings (SSSR count). The SMILES string of the molecule is CC[C@H](C)[C@H](N=C1NS(=O)(=O)c2ccccc21)C(=O)Nc1ccc(N(C)C(C)=O)cc1. The molecule has 0 unspecified atom stereocenters. The second-order valence-corrected chi connectivity index (χ2v) is 9.17. The molecule has 0 bridgehead atoms. The first kappa shape index (κ1) is 22.5. The van der Waals surface area contributed by atoms with E-state index in [4.69, 9.17) is 0 Å². The summed E-state index contributed by atoms with van der Waals surface area (Å²) in [5.41, 5.74) is 1.73. The molecule has 2 aromatic carbocycles. The topological polar surface area (TPSA) is 108 Å². The van der Waals surface area contributed by atoms with E-state index in [9.17, 15) is 18.0 Å². The lowest BCUT2D eigenvalue weighted by Crippen LogP contribution is -2.34. The number of carbonyl (C=O) groups is 2. The van der Waals surface area contributed by atoms with Crippen molar-refractivity contribution in [3.05, 3.63) is 54.1 Å². The third kappa shape index (κ3) is 4.77. The maximum Gasteiger partial charge on any atom is 0.263 e. The fourth-order valence-corrected chi connectivity index (χ4v) is 4.44. The van der Waals surface area contributed by atoms with Crippen molar-refractivity contribution in [3.63, 3.8) is 0 Å². The average Bonchev–Trinajstić information content (AvgIpc) is 3.01. The Morgan fingerprint density at radius 3 is 2.39 bits per heavy atom. The predicted octanol–water partition coefficient (Wildman–Crippen LogP) is 2.76. The summed E-state index contributed by atoms with van der Waals surface area (Å²) in [6.45, 7) is 5.32. The second-order valence-electron chi connectivity index (χ2n) is 7.52. The van der Waals surface area contributed by atoms with Crippen LogP contribution >= 0.6 is 0 Å². The molecule has 0 spiro atoms. The number of amides is 2. The van der Waals surface area contributed by atoms with Gasteiger partial charge in [-0.15, -0.1) is 0 Å². The number of fused-ring (bicyclic) bond motifs is 1. The van der Waals surface area contributed by atoms with Gasteiger partial charge in [-0.2, -0.15) is 0 Å². The number of carbonyl (C=O) groups excluding carboxylic acids is 2. The van der Waals surface area contributed by atoms with Gasteiger partial charge in [0.25, 0.3) is 10.0 Å². The number of benzene rings is 2. The molecule has 1 aliphatic rings. The zero-order valence-corrected chi connectivity index (χ0v) is 18.7. The van der Waals surface area contributed by atoms with E-state index in [0.29, 0.717) is 23.4 Å². The van der Waals surface area contributed by atoms with Crippen LogP contribution in [0.2, 0.25) is 0 Å². The Balaban J connectivity index is 1.86. The van der Waals surface area contributed by atoms with Gasteiger partial charge >= 0.3 is 0 Å². The van der Waals surface area contributed by atoms with Crippen LogP contribution in [0.5, 0.6) is 0 Å². The van der Waals surface area contributed by atoms with Gasteiger partial charge < -0.3 is 10.2 Å².